The molecule has 1 aromatic heterocycles. The highest BCUT2D eigenvalue weighted by molar-refractivity contribution is 6.06. The number of anilines is 1. The summed E-state index contributed by atoms with van der Waals surface area (Å²) in [6, 6.07) is 26.0. The lowest BCUT2D eigenvalue weighted by molar-refractivity contribution is -0.120. The van der Waals surface area contributed by atoms with Crippen LogP contribution in [0.4, 0.5) is 10.1 Å². The van der Waals surface area contributed by atoms with Gasteiger partial charge in [-0.25, -0.2) is 4.39 Å². The van der Waals surface area contributed by atoms with Gasteiger partial charge in [0.25, 0.3) is 5.91 Å². The minimum absolute atomic E-state index is 0.155. The van der Waals surface area contributed by atoms with E-state index in [2.05, 4.69) is 5.32 Å². The molecule has 1 N–H and O–H groups in total. The van der Waals surface area contributed by atoms with E-state index < -0.39 is 5.82 Å². The Morgan fingerprint density at radius 3 is 2.39 bits per heavy atom. The van der Waals surface area contributed by atoms with Crippen LogP contribution in [-0.4, -0.2) is 11.8 Å². The highest BCUT2D eigenvalue weighted by atomic mass is 19.1. The standard InChI is InChI=1S/C27H23FN2O3/c28-23-11-5-10-22(17-23)27(32)30(19-20-7-2-1-3-8-20)24-12-4-9-21(15-24)16-26(31)29-18-25-13-6-14-33-25/h1-15,17H,16,18-19H2,(H,29,31). The molecule has 166 valence electrons. The van der Waals surface area contributed by atoms with Gasteiger partial charge in [0.15, 0.2) is 0 Å². The summed E-state index contributed by atoms with van der Waals surface area (Å²) in [7, 11) is 0. The van der Waals surface area contributed by atoms with Gasteiger partial charge in [0, 0.05) is 11.3 Å². The normalized spacial score (nSPS) is 10.6. The molecule has 33 heavy (non-hydrogen) atoms. The number of halogens is 1. The maximum atomic E-state index is 13.8. The molecule has 0 radical (unpaired) electrons. The maximum absolute atomic E-state index is 13.8. The van der Waals surface area contributed by atoms with E-state index in [9.17, 15) is 14.0 Å². The number of carbonyl (C=O) groups excluding carboxylic acids is 2. The molecule has 0 saturated heterocycles. The fourth-order valence-corrected chi connectivity index (χ4v) is 3.50. The maximum Gasteiger partial charge on any atom is 0.258 e. The largest absolute Gasteiger partial charge is 0.467 e. The van der Waals surface area contributed by atoms with E-state index in [0.717, 1.165) is 11.1 Å². The first-order valence-corrected chi connectivity index (χ1v) is 10.6. The lowest BCUT2D eigenvalue weighted by Crippen LogP contribution is -2.30. The summed E-state index contributed by atoms with van der Waals surface area (Å²) in [6.07, 6.45) is 1.71. The van der Waals surface area contributed by atoms with Crippen LogP contribution in [0.15, 0.2) is 102 Å². The van der Waals surface area contributed by atoms with Crippen LogP contribution in [0.5, 0.6) is 0 Å². The summed E-state index contributed by atoms with van der Waals surface area (Å²) >= 11 is 0. The summed E-state index contributed by atoms with van der Waals surface area (Å²) in [4.78, 5) is 27.3. The van der Waals surface area contributed by atoms with Crippen LogP contribution in [0.1, 0.15) is 27.2 Å². The first-order chi connectivity index (χ1) is 16.1. The zero-order valence-electron chi connectivity index (χ0n) is 17.9. The summed E-state index contributed by atoms with van der Waals surface area (Å²) in [5.41, 5.74) is 2.58. The molecule has 1 heterocycles. The molecule has 0 unspecified atom stereocenters. The van der Waals surface area contributed by atoms with Gasteiger partial charge in [-0.3, -0.25) is 9.59 Å². The number of rotatable bonds is 8. The second kappa shape index (κ2) is 10.4. The third kappa shape index (κ3) is 5.95. The van der Waals surface area contributed by atoms with E-state index in [0.29, 0.717) is 24.5 Å². The van der Waals surface area contributed by atoms with Crippen LogP contribution in [0, 0.1) is 5.82 Å². The summed E-state index contributed by atoms with van der Waals surface area (Å²) < 4.78 is 19.0. The summed E-state index contributed by atoms with van der Waals surface area (Å²) in [6.45, 7) is 0.619. The second-order valence-corrected chi connectivity index (χ2v) is 7.59. The predicted octanol–water partition coefficient (Wildman–Crippen LogP) is 5.12. The van der Waals surface area contributed by atoms with Gasteiger partial charge >= 0.3 is 0 Å². The van der Waals surface area contributed by atoms with Gasteiger partial charge in [0.1, 0.15) is 11.6 Å². The number of amides is 2. The molecular weight excluding hydrogens is 419 g/mol. The van der Waals surface area contributed by atoms with Crippen molar-refractivity contribution >= 4 is 17.5 Å². The molecule has 0 saturated carbocycles. The van der Waals surface area contributed by atoms with Crippen LogP contribution in [-0.2, 0) is 24.3 Å². The molecule has 4 rings (SSSR count). The Hall–Kier alpha value is -4.19. The zero-order chi connectivity index (χ0) is 23.0. The second-order valence-electron chi connectivity index (χ2n) is 7.59. The smallest absolute Gasteiger partial charge is 0.258 e. The molecule has 5 nitrogen and oxygen atoms in total. The number of nitrogens with one attached hydrogen (secondary N) is 1. The molecule has 0 bridgehead atoms. The van der Waals surface area contributed by atoms with Crippen LogP contribution in [0.3, 0.4) is 0 Å². The number of nitrogens with zero attached hydrogens (tertiary/aromatic N) is 1. The third-order valence-corrected chi connectivity index (χ3v) is 5.13. The van der Waals surface area contributed by atoms with Crippen LogP contribution in [0.25, 0.3) is 0 Å². The average Bonchev–Trinajstić information content (AvgIpc) is 3.35. The highest BCUT2D eigenvalue weighted by Crippen LogP contribution is 2.22. The third-order valence-electron chi connectivity index (χ3n) is 5.13. The van der Waals surface area contributed by atoms with Crippen molar-refractivity contribution in [3.8, 4) is 0 Å². The van der Waals surface area contributed by atoms with Crippen molar-refractivity contribution in [1.29, 1.82) is 0 Å². The van der Waals surface area contributed by atoms with E-state index in [-0.39, 0.29) is 23.8 Å². The van der Waals surface area contributed by atoms with Crippen molar-refractivity contribution in [2.24, 2.45) is 0 Å². The van der Waals surface area contributed by atoms with Crippen molar-refractivity contribution in [3.05, 3.63) is 126 Å². The van der Waals surface area contributed by atoms with Crippen molar-refractivity contribution in [2.75, 3.05) is 4.90 Å². The van der Waals surface area contributed by atoms with Gasteiger partial charge in [-0.1, -0.05) is 48.5 Å². The molecule has 0 spiro atoms. The van der Waals surface area contributed by atoms with E-state index in [1.165, 1.54) is 18.2 Å². The van der Waals surface area contributed by atoms with Crippen LogP contribution >= 0.6 is 0 Å². The van der Waals surface area contributed by atoms with Gasteiger partial charge in [-0.05, 0) is 53.6 Å². The lowest BCUT2D eigenvalue weighted by Gasteiger charge is -2.24. The molecule has 0 fully saturated rings. The van der Waals surface area contributed by atoms with Gasteiger partial charge in [-0.15, -0.1) is 0 Å². The SMILES string of the molecule is O=C(Cc1cccc(N(Cc2ccccc2)C(=O)c2cccc(F)c2)c1)NCc1ccco1. The Morgan fingerprint density at radius 1 is 0.848 bits per heavy atom. The quantitative estimate of drug-likeness (QED) is 0.412. The Balaban J connectivity index is 1.55. The molecule has 0 aliphatic rings. The minimum atomic E-state index is -0.470. The Morgan fingerprint density at radius 2 is 1.64 bits per heavy atom. The van der Waals surface area contributed by atoms with Crippen molar-refractivity contribution in [3.63, 3.8) is 0 Å². The number of furan rings is 1. The summed E-state index contributed by atoms with van der Waals surface area (Å²) in [5.74, 6) is -0.276. The van der Waals surface area contributed by atoms with Crippen LogP contribution in [0.2, 0.25) is 0 Å². The molecule has 0 aliphatic heterocycles. The van der Waals surface area contributed by atoms with E-state index >= 15 is 0 Å². The first kappa shape index (κ1) is 22.0. The Kier molecular flexibility index (Phi) is 6.95. The molecule has 2 amide bonds. The lowest BCUT2D eigenvalue weighted by atomic mass is 10.1. The molecular formula is C27H23FN2O3. The number of benzene rings is 3. The van der Waals surface area contributed by atoms with E-state index in [4.69, 9.17) is 4.42 Å². The molecule has 4 aromatic rings. The zero-order valence-corrected chi connectivity index (χ0v) is 17.9. The van der Waals surface area contributed by atoms with Crippen molar-refractivity contribution in [2.45, 2.75) is 19.5 Å². The molecule has 0 atom stereocenters. The topological polar surface area (TPSA) is 62.6 Å². The van der Waals surface area contributed by atoms with Crippen molar-refractivity contribution < 1.29 is 18.4 Å². The Bertz CT molecular complexity index is 1220. The number of carbonyl (C=O) groups is 2. The monoisotopic (exact) mass is 442 g/mol. The Labute approximate surface area is 191 Å². The molecule has 0 aliphatic carbocycles. The fraction of sp³-hybridized carbons (Fsp3) is 0.111. The van der Waals surface area contributed by atoms with E-state index in [1.54, 1.807) is 35.4 Å². The predicted molar refractivity (Wildman–Crippen MR) is 124 cm³/mol. The van der Waals surface area contributed by atoms with Crippen molar-refractivity contribution in [1.82, 2.24) is 5.32 Å². The number of hydrogen-bond acceptors (Lipinski definition) is 3. The number of hydrogen-bond donors (Lipinski definition) is 1. The van der Waals surface area contributed by atoms with Crippen LogP contribution < -0.4 is 10.2 Å². The first-order valence-electron chi connectivity index (χ1n) is 10.6. The summed E-state index contributed by atoms with van der Waals surface area (Å²) in [5, 5.41) is 2.82. The van der Waals surface area contributed by atoms with Gasteiger partial charge < -0.3 is 14.6 Å². The van der Waals surface area contributed by atoms with Gasteiger partial charge in [0.05, 0.1) is 25.8 Å². The fourth-order valence-electron chi connectivity index (χ4n) is 3.50. The van der Waals surface area contributed by atoms with Gasteiger partial charge in [0.2, 0.25) is 5.91 Å². The van der Waals surface area contributed by atoms with Gasteiger partial charge in [-0.2, -0.15) is 0 Å². The molecule has 3 aromatic carbocycles. The molecule has 6 heteroatoms. The average molecular weight is 442 g/mol. The van der Waals surface area contributed by atoms with E-state index in [1.807, 2.05) is 48.5 Å². The minimum Gasteiger partial charge on any atom is -0.467 e. The highest BCUT2D eigenvalue weighted by Gasteiger charge is 2.19.